The van der Waals surface area contributed by atoms with E-state index in [1.807, 2.05) is 0 Å². The highest BCUT2D eigenvalue weighted by Gasteiger charge is 2.34. The van der Waals surface area contributed by atoms with E-state index in [9.17, 15) is 5.11 Å². The molecule has 0 amide bonds. The van der Waals surface area contributed by atoms with E-state index in [4.69, 9.17) is 9.73 Å². The van der Waals surface area contributed by atoms with E-state index in [1.165, 1.54) is 4.88 Å². The van der Waals surface area contributed by atoms with Crippen molar-refractivity contribution in [2.45, 2.75) is 32.6 Å². The molecule has 138 valence electrons. The van der Waals surface area contributed by atoms with Crippen molar-refractivity contribution in [3.63, 3.8) is 0 Å². The van der Waals surface area contributed by atoms with Gasteiger partial charge in [-0.15, -0.1) is 35.3 Å². The molecule has 1 aromatic heterocycles. The predicted octanol–water partition coefficient (Wildman–Crippen LogP) is 2.81. The van der Waals surface area contributed by atoms with Crippen LogP contribution >= 0.6 is 35.3 Å². The van der Waals surface area contributed by atoms with Gasteiger partial charge in [0.15, 0.2) is 5.96 Å². The van der Waals surface area contributed by atoms with Gasteiger partial charge in [0.25, 0.3) is 0 Å². The maximum Gasteiger partial charge on any atom is 0.191 e. The summed E-state index contributed by atoms with van der Waals surface area (Å²) < 4.78 is 5.53. The summed E-state index contributed by atoms with van der Waals surface area (Å²) in [7, 11) is 0. The Bertz CT molecular complexity index is 476. The number of nitrogens with zero attached hydrogens (tertiary/aromatic N) is 1. The number of ether oxygens (including phenoxy) is 1. The predicted molar refractivity (Wildman–Crippen MR) is 112 cm³/mol. The van der Waals surface area contributed by atoms with Gasteiger partial charge in [-0.3, -0.25) is 4.99 Å². The maximum atomic E-state index is 9.31. The quantitative estimate of drug-likeness (QED) is 0.313. The molecule has 2 heterocycles. The average Bonchev–Trinajstić information content (AvgIpc) is 3.22. The number of aliphatic hydroxyl groups excluding tert-OH is 1. The molecule has 24 heavy (non-hydrogen) atoms. The van der Waals surface area contributed by atoms with Crippen LogP contribution in [0.1, 0.15) is 37.5 Å². The number of aliphatic imine (C=N–C) groups is 1. The van der Waals surface area contributed by atoms with Crippen LogP contribution in [0.25, 0.3) is 0 Å². The number of hydrogen-bond acceptors (Lipinski definition) is 4. The first kappa shape index (κ1) is 21.7. The highest BCUT2D eigenvalue weighted by molar-refractivity contribution is 14.0. The third-order valence-corrected chi connectivity index (χ3v) is 5.45. The zero-order valence-corrected chi connectivity index (χ0v) is 17.7. The molecule has 1 aliphatic rings. The van der Waals surface area contributed by atoms with Gasteiger partial charge in [-0.1, -0.05) is 13.0 Å². The lowest BCUT2D eigenvalue weighted by molar-refractivity contribution is 0.131. The lowest BCUT2D eigenvalue weighted by Gasteiger charge is -2.25. The molecule has 5 nitrogen and oxygen atoms in total. The van der Waals surface area contributed by atoms with Crippen molar-refractivity contribution in [1.82, 2.24) is 10.6 Å². The Balaban J connectivity index is 0.00000288. The maximum absolute atomic E-state index is 9.31. The first-order valence-electron chi connectivity index (χ1n) is 8.43. The molecular weight excluding hydrogens is 437 g/mol. The summed E-state index contributed by atoms with van der Waals surface area (Å²) >= 11 is 1.79. The van der Waals surface area contributed by atoms with E-state index in [-0.39, 0.29) is 36.0 Å². The Morgan fingerprint density at radius 1 is 1.50 bits per heavy atom. The number of halogens is 1. The molecule has 1 aromatic rings. The topological polar surface area (TPSA) is 65.9 Å². The zero-order valence-electron chi connectivity index (χ0n) is 14.6. The van der Waals surface area contributed by atoms with Crippen molar-refractivity contribution in [3.8, 4) is 0 Å². The van der Waals surface area contributed by atoms with E-state index < -0.39 is 0 Å². The van der Waals surface area contributed by atoms with E-state index >= 15 is 0 Å². The number of guanidine groups is 1. The fourth-order valence-corrected chi connectivity index (χ4v) is 3.59. The fraction of sp³-hybridized carbons (Fsp3) is 0.706. The minimum Gasteiger partial charge on any atom is -0.396 e. The molecule has 1 saturated heterocycles. The van der Waals surface area contributed by atoms with Crippen molar-refractivity contribution >= 4 is 41.3 Å². The Kier molecular flexibility index (Phi) is 10.2. The van der Waals surface area contributed by atoms with Crippen molar-refractivity contribution in [1.29, 1.82) is 0 Å². The molecule has 0 spiro atoms. The van der Waals surface area contributed by atoms with Crippen LogP contribution in [-0.2, 0) is 4.74 Å². The van der Waals surface area contributed by atoms with Gasteiger partial charge in [0.1, 0.15) is 0 Å². The van der Waals surface area contributed by atoms with E-state index in [0.29, 0.717) is 19.1 Å². The third kappa shape index (κ3) is 6.50. The highest BCUT2D eigenvalue weighted by Crippen LogP contribution is 2.32. The van der Waals surface area contributed by atoms with Crippen LogP contribution in [0.2, 0.25) is 0 Å². The fourth-order valence-electron chi connectivity index (χ4n) is 2.80. The van der Waals surface area contributed by atoms with Crippen LogP contribution in [0.5, 0.6) is 0 Å². The monoisotopic (exact) mass is 467 g/mol. The molecule has 3 N–H and O–H groups in total. The molecule has 2 rings (SSSR count). The molecule has 1 fully saturated rings. The Labute approximate surface area is 166 Å². The smallest absolute Gasteiger partial charge is 0.191 e. The summed E-state index contributed by atoms with van der Waals surface area (Å²) in [6.07, 6.45) is 1.73. The average molecular weight is 467 g/mol. The Morgan fingerprint density at radius 3 is 2.92 bits per heavy atom. The van der Waals surface area contributed by atoms with Gasteiger partial charge in [0.2, 0.25) is 0 Å². The van der Waals surface area contributed by atoms with E-state index in [0.717, 1.165) is 38.5 Å². The summed E-state index contributed by atoms with van der Waals surface area (Å²) in [5.74, 6) is 1.31. The lowest BCUT2D eigenvalue weighted by Crippen LogP contribution is -2.40. The SMILES string of the molecule is CCNC(=NCC1(CCO)CCOC1)NCC(C)c1cccs1.I. The van der Waals surface area contributed by atoms with Gasteiger partial charge in [-0.2, -0.15) is 0 Å². The van der Waals surface area contributed by atoms with Crippen molar-refractivity contribution in [3.05, 3.63) is 22.4 Å². The van der Waals surface area contributed by atoms with Crippen LogP contribution in [0.4, 0.5) is 0 Å². The summed E-state index contributed by atoms with van der Waals surface area (Å²) in [5.41, 5.74) is -0.00350. The number of rotatable bonds is 8. The summed E-state index contributed by atoms with van der Waals surface area (Å²) in [4.78, 5) is 6.13. The van der Waals surface area contributed by atoms with Crippen LogP contribution in [-0.4, -0.2) is 50.5 Å². The Hall–Kier alpha value is -0.380. The van der Waals surface area contributed by atoms with Crippen molar-refractivity contribution < 1.29 is 9.84 Å². The molecule has 2 atom stereocenters. The Morgan fingerprint density at radius 2 is 2.33 bits per heavy atom. The van der Waals surface area contributed by atoms with Gasteiger partial charge in [-0.05, 0) is 31.2 Å². The molecule has 2 unspecified atom stereocenters. The van der Waals surface area contributed by atoms with Crippen LogP contribution in [0.15, 0.2) is 22.5 Å². The van der Waals surface area contributed by atoms with Gasteiger partial charge >= 0.3 is 0 Å². The first-order valence-corrected chi connectivity index (χ1v) is 9.31. The zero-order chi connectivity index (χ0) is 16.5. The normalized spacial score (nSPS) is 22.0. The molecule has 0 saturated carbocycles. The molecule has 7 heteroatoms. The number of nitrogens with one attached hydrogen (secondary N) is 2. The minimum atomic E-state index is -0.00350. The van der Waals surface area contributed by atoms with Gasteiger partial charge in [0, 0.05) is 42.5 Å². The molecule has 0 aromatic carbocycles. The van der Waals surface area contributed by atoms with Crippen LogP contribution in [0.3, 0.4) is 0 Å². The van der Waals surface area contributed by atoms with E-state index in [1.54, 1.807) is 11.3 Å². The largest absolute Gasteiger partial charge is 0.396 e. The van der Waals surface area contributed by atoms with Gasteiger partial charge < -0.3 is 20.5 Å². The first-order chi connectivity index (χ1) is 11.2. The lowest BCUT2D eigenvalue weighted by atomic mass is 9.84. The number of thiophene rings is 1. The highest BCUT2D eigenvalue weighted by atomic mass is 127. The van der Waals surface area contributed by atoms with Gasteiger partial charge in [0.05, 0.1) is 13.2 Å². The van der Waals surface area contributed by atoms with E-state index in [2.05, 4.69) is 42.0 Å². The second-order valence-corrected chi connectivity index (χ2v) is 7.25. The molecule has 0 aliphatic carbocycles. The summed E-state index contributed by atoms with van der Waals surface area (Å²) in [6.45, 7) is 8.34. The minimum absolute atomic E-state index is 0. The molecule has 0 bridgehead atoms. The third-order valence-electron chi connectivity index (χ3n) is 4.35. The molecule has 1 aliphatic heterocycles. The van der Waals surface area contributed by atoms with Crippen molar-refractivity contribution in [2.24, 2.45) is 10.4 Å². The summed E-state index contributed by atoms with van der Waals surface area (Å²) in [5, 5.41) is 18.2. The van der Waals surface area contributed by atoms with Crippen LogP contribution in [0, 0.1) is 5.41 Å². The second-order valence-electron chi connectivity index (χ2n) is 6.27. The molecule has 0 radical (unpaired) electrons. The molecular formula is C17H30IN3O2S. The standard InChI is InChI=1S/C17H29N3O2S.HI/c1-3-18-16(19-11-14(2)15-5-4-10-23-15)20-12-17(6-8-21)7-9-22-13-17;/h4-5,10,14,21H,3,6-9,11-13H2,1-2H3,(H2,18,19,20);1H. The van der Waals surface area contributed by atoms with Crippen LogP contribution < -0.4 is 10.6 Å². The number of aliphatic hydroxyl groups is 1. The second kappa shape index (κ2) is 11.3. The van der Waals surface area contributed by atoms with Gasteiger partial charge in [-0.25, -0.2) is 0 Å². The summed E-state index contributed by atoms with van der Waals surface area (Å²) in [6, 6.07) is 4.27. The number of hydrogen-bond donors (Lipinski definition) is 3. The van der Waals surface area contributed by atoms with Crippen molar-refractivity contribution in [2.75, 3.05) is 39.5 Å².